The number of rotatable bonds is 2. The minimum atomic E-state index is 0.0265. The van der Waals surface area contributed by atoms with E-state index in [-0.39, 0.29) is 12.5 Å². The van der Waals surface area contributed by atoms with Crippen molar-refractivity contribution in [2.24, 2.45) is 0 Å². The first-order valence-electron chi connectivity index (χ1n) is 4.72. The summed E-state index contributed by atoms with van der Waals surface area (Å²) in [6.45, 7) is 3.10. The van der Waals surface area contributed by atoms with E-state index in [9.17, 15) is 4.79 Å². The Morgan fingerprint density at radius 3 is 3.00 bits per heavy atom. The van der Waals surface area contributed by atoms with E-state index >= 15 is 0 Å². The van der Waals surface area contributed by atoms with E-state index < -0.39 is 0 Å². The lowest BCUT2D eigenvalue weighted by Crippen LogP contribution is -2.26. The van der Waals surface area contributed by atoms with Gasteiger partial charge < -0.3 is 10.0 Å². The zero-order chi connectivity index (χ0) is 10.1. The van der Waals surface area contributed by atoms with Crippen molar-refractivity contribution in [3.05, 3.63) is 34.9 Å². The van der Waals surface area contributed by atoms with Crippen LogP contribution in [0.4, 0.5) is 0 Å². The molecule has 0 atom stereocenters. The number of aryl methyl sites for hydroxylation is 1. The van der Waals surface area contributed by atoms with E-state index in [1.54, 1.807) is 4.90 Å². The lowest BCUT2D eigenvalue weighted by Gasteiger charge is -2.12. The van der Waals surface area contributed by atoms with Crippen LogP contribution in [0.5, 0.6) is 0 Å². The van der Waals surface area contributed by atoms with Gasteiger partial charge in [-0.2, -0.15) is 0 Å². The third-order valence-corrected chi connectivity index (χ3v) is 2.51. The maximum atomic E-state index is 11.7. The van der Waals surface area contributed by atoms with Crippen molar-refractivity contribution in [2.75, 3.05) is 13.2 Å². The van der Waals surface area contributed by atoms with Gasteiger partial charge in [0.1, 0.15) is 0 Å². The van der Waals surface area contributed by atoms with Crippen molar-refractivity contribution in [1.82, 2.24) is 4.90 Å². The highest BCUT2D eigenvalue weighted by atomic mass is 16.3. The van der Waals surface area contributed by atoms with Gasteiger partial charge in [0.15, 0.2) is 0 Å². The molecule has 1 amide bonds. The maximum Gasteiger partial charge on any atom is 0.254 e. The Balaban J connectivity index is 2.31. The number of hydrogen-bond acceptors (Lipinski definition) is 2. The van der Waals surface area contributed by atoms with Crippen LogP contribution in [0.2, 0.25) is 0 Å². The van der Waals surface area contributed by atoms with Crippen molar-refractivity contribution in [2.45, 2.75) is 13.5 Å². The zero-order valence-electron chi connectivity index (χ0n) is 8.16. The molecule has 1 N–H and O–H groups in total. The molecular weight excluding hydrogens is 178 g/mol. The average Bonchev–Trinajstić information content (AvgIpc) is 2.44. The van der Waals surface area contributed by atoms with Crippen molar-refractivity contribution in [1.29, 1.82) is 0 Å². The van der Waals surface area contributed by atoms with Gasteiger partial charge >= 0.3 is 0 Å². The molecule has 0 saturated carbocycles. The summed E-state index contributed by atoms with van der Waals surface area (Å²) in [4.78, 5) is 13.4. The molecule has 0 aliphatic carbocycles. The fourth-order valence-corrected chi connectivity index (χ4v) is 1.81. The Bertz CT molecular complexity index is 374. The molecule has 3 heteroatoms. The quantitative estimate of drug-likeness (QED) is 0.755. The molecule has 0 spiro atoms. The second-order valence-corrected chi connectivity index (χ2v) is 3.61. The molecule has 0 fully saturated rings. The normalized spacial score (nSPS) is 14.7. The number of nitrogens with zero attached hydrogens (tertiary/aromatic N) is 1. The number of benzene rings is 1. The summed E-state index contributed by atoms with van der Waals surface area (Å²) >= 11 is 0. The fraction of sp³-hybridized carbons (Fsp3) is 0.364. The van der Waals surface area contributed by atoms with Crippen LogP contribution in [-0.2, 0) is 6.54 Å². The van der Waals surface area contributed by atoms with Crippen LogP contribution in [0.25, 0.3) is 0 Å². The minimum Gasteiger partial charge on any atom is -0.395 e. The van der Waals surface area contributed by atoms with Crippen LogP contribution in [0.15, 0.2) is 18.2 Å². The molecule has 1 aromatic carbocycles. The topological polar surface area (TPSA) is 40.5 Å². The summed E-state index contributed by atoms with van der Waals surface area (Å²) in [7, 11) is 0. The third-order valence-electron chi connectivity index (χ3n) is 2.51. The highest BCUT2D eigenvalue weighted by Crippen LogP contribution is 2.23. The van der Waals surface area contributed by atoms with Gasteiger partial charge in [-0.15, -0.1) is 0 Å². The Labute approximate surface area is 83.0 Å². The summed E-state index contributed by atoms with van der Waals surface area (Å²) in [6.07, 6.45) is 0. The summed E-state index contributed by atoms with van der Waals surface area (Å²) in [5, 5.41) is 8.78. The largest absolute Gasteiger partial charge is 0.395 e. The minimum absolute atomic E-state index is 0.0265. The van der Waals surface area contributed by atoms with Gasteiger partial charge in [-0.05, 0) is 18.6 Å². The monoisotopic (exact) mass is 191 g/mol. The molecule has 1 aromatic rings. The molecule has 0 radical (unpaired) electrons. The first-order chi connectivity index (χ1) is 6.72. The van der Waals surface area contributed by atoms with Gasteiger partial charge in [-0.1, -0.05) is 17.7 Å². The number of carbonyl (C=O) groups is 1. The smallest absolute Gasteiger partial charge is 0.254 e. The molecule has 0 saturated heterocycles. The molecule has 0 aromatic heterocycles. The van der Waals surface area contributed by atoms with Crippen LogP contribution in [0.1, 0.15) is 21.5 Å². The van der Waals surface area contributed by atoms with Crippen molar-refractivity contribution < 1.29 is 9.90 Å². The molecule has 1 aliphatic heterocycles. The van der Waals surface area contributed by atoms with Crippen molar-refractivity contribution >= 4 is 5.91 Å². The summed E-state index contributed by atoms with van der Waals surface area (Å²) in [5.74, 6) is 0.0362. The standard InChI is InChI=1S/C11H13NO2/c1-8-2-3-10-9(6-8)7-12(4-5-13)11(10)14/h2-3,6,13H,4-5,7H2,1H3. The molecule has 2 rings (SSSR count). The fourth-order valence-electron chi connectivity index (χ4n) is 1.81. The van der Waals surface area contributed by atoms with E-state index in [1.165, 1.54) is 5.56 Å². The Hall–Kier alpha value is -1.35. The number of aliphatic hydroxyl groups is 1. The predicted molar refractivity (Wildman–Crippen MR) is 53.0 cm³/mol. The lowest BCUT2D eigenvalue weighted by molar-refractivity contribution is 0.0745. The highest BCUT2D eigenvalue weighted by Gasteiger charge is 2.26. The van der Waals surface area contributed by atoms with Crippen LogP contribution in [-0.4, -0.2) is 29.1 Å². The number of amides is 1. The summed E-state index contributed by atoms with van der Waals surface area (Å²) in [6, 6.07) is 5.84. The maximum absolute atomic E-state index is 11.7. The summed E-state index contributed by atoms with van der Waals surface area (Å²) < 4.78 is 0. The average molecular weight is 191 g/mol. The second kappa shape index (κ2) is 3.42. The number of hydrogen-bond donors (Lipinski definition) is 1. The molecule has 14 heavy (non-hydrogen) atoms. The Kier molecular flexibility index (Phi) is 2.25. The van der Waals surface area contributed by atoms with E-state index in [1.807, 2.05) is 25.1 Å². The number of β-amino-alcohol motifs (C(OH)–C–C–N with tert-alkyl or cyclic N) is 1. The van der Waals surface area contributed by atoms with Gasteiger partial charge in [0.05, 0.1) is 6.61 Å². The van der Waals surface area contributed by atoms with Crippen LogP contribution in [0, 0.1) is 6.92 Å². The highest BCUT2D eigenvalue weighted by molar-refractivity contribution is 5.98. The second-order valence-electron chi connectivity index (χ2n) is 3.61. The first-order valence-corrected chi connectivity index (χ1v) is 4.72. The van der Waals surface area contributed by atoms with E-state index in [0.29, 0.717) is 13.1 Å². The summed E-state index contributed by atoms with van der Waals surface area (Å²) in [5.41, 5.74) is 3.02. The molecule has 1 aliphatic rings. The van der Waals surface area contributed by atoms with Crippen LogP contribution >= 0.6 is 0 Å². The number of carbonyl (C=O) groups excluding carboxylic acids is 1. The number of fused-ring (bicyclic) bond motifs is 1. The van der Waals surface area contributed by atoms with Crippen molar-refractivity contribution in [3.8, 4) is 0 Å². The molecule has 3 nitrogen and oxygen atoms in total. The molecule has 0 bridgehead atoms. The molecule has 1 heterocycles. The van der Waals surface area contributed by atoms with Crippen LogP contribution < -0.4 is 0 Å². The zero-order valence-corrected chi connectivity index (χ0v) is 8.16. The SMILES string of the molecule is Cc1ccc2c(c1)CN(CCO)C2=O. The van der Waals surface area contributed by atoms with Gasteiger partial charge in [-0.25, -0.2) is 0 Å². The Morgan fingerprint density at radius 1 is 1.50 bits per heavy atom. The molecule has 74 valence electrons. The third kappa shape index (κ3) is 1.40. The molecular formula is C11H13NO2. The van der Waals surface area contributed by atoms with Gasteiger partial charge in [0.2, 0.25) is 0 Å². The van der Waals surface area contributed by atoms with E-state index in [4.69, 9.17) is 5.11 Å². The Morgan fingerprint density at radius 2 is 2.29 bits per heavy atom. The van der Waals surface area contributed by atoms with Crippen molar-refractivity contribution in [3.63, 3.8) is 0 Å². The van der Waals surface area contributed by atoms with Gasteiger partial charge in [-0.3, -0.25) is 4.79 Å². The predicted octanol–water partition coefficient (Wildman–Crippen LogP) is 0.943. The molecule has 0 unspecified atom stereocenters. The van der Waals surface area contributed by atoms with E-state index in [0.717, 1.165) is 11.1 Å². The number of aliphatic hydroxyl groups excluding tert-OH is 1. The lowest BCUT2D eigenvalue weighted by atomic mass is 10.1. The first kappa shape index (κ1) is 9.21. The van der Waals surface area contributed by atoms with Gasteiger partial charge in [0.25, 0.3) is 5.91 Å². The van der Waals surface area contributed by atoms with Gasteiger partial charge in [0, 0.05) is 18.7 Å². The van der Waals surface area contributed by atoms with E-state index in [2.05, 4.69) is 0 Å². The van der Waals surface area contributed by atoms with Crippen LogP contribution in [0.3, 0.4) is 0 Å².